The van der Waals surface area contributed by atoms with Crippen molar-refractivity contribution in [3.63, 3.8) is 0 Å². The number of primary amides is 1. The van der Waals surface area contributed by atoms with Crippen molar-refractivity contribution in [2.45, 2.75) is 0 Å². The molecule has 2 rings (SSSR count). The summed E-state index contributed by atoms with van der Waals surface area (Å²) in [6, 6.07) is 17.3. The highest BCUT2D eigenvalue weighted by Crippen LogP contribution is 2.18. The summed E-state index contributed by atoms with van der Waals surface area (Å²) in [6.07, 6.45) is 0. The molecule has 108 valence electrons. The number of amides is 1. The highest BCUT2D eigenvalue weighted by molar-refractivity contribution is 6.27. The summed E-state index contributed by atoms with van der Waals surface area (Å²) in [5.41, 5.74) is 7.92. The van der Waals surface area contributed by atoms with Gasteiger partial charge in [0.15, 0.2) is 0 Å². The van der Waals surface area contributed by atoms with Gasteiger partial charge in [-0.15, -0.1) is 0 Å². The summed E-state index contributed by atoms with van der Waals surface area (Å²) in [6.45, 7) is 0. The second-order valence-electron chi connectivity index (χ2n) is 3.92. The summed E-state index contributed by atoms with van der Waals surface area (Å²) in [5, 5.41) is 14.8. The van der Waals surface area contributed by atoms with Gasteiger partial charge in [0.05, 0.1) is 0 Å². The maximum absolute atomic E-state index is 10.9. The first kappa shape index (κ1) is 15.9. The predicted molar refractivity (Wildman–Crippen MR) is 75.7 cm³/mol. The van der Waals surface area contributed by atoms with Crippen LogP contribution in [-0.2, 0) is 9.59 Å². The Bertz CT molecular complexity index is 623. The van der Waals surface area contributed by atoms with Crippen LogP contribution in [0, 0.1) is 0 Å². The smallest absolute Gasteiger partial charge is 0.414 e. The summed E-state index contributed by atoms with van der Waals surface area (Å²) in [4.78, 5) is 29.1. The summed E-state index contributed by atoms with van der Waals surface area (Å²) in [5.74, 6) is -4.04. The fraction of sp³-hybridized carbons (Fsp3) is 0. The minimum Gasteiger partial charge on any atom is -0.473 e. The van der Waals surface area contributed by atoms with E-state index in [1.807, 2.05) is 42.5 Å². The third-order valence-electron chi connectivity index (χ3n) is 2.46. The van der Waals surface area contributed by atoms with E-state index in [-0.39, 0.29) is 0 Å². The van der Waals surface area contributed by atoms with Gasteiger partial charge < -0.3 is 15.9 Å². The first-order valence-corrected chi connectivity index (χ1v) is 5.83. The van der Waals surface area contributed by atoms with E-state index in [0.717, 1.165) is 11.1 Å². The van der Waals surface area contributed by atoms with Crippen molar-refractivity contribution in [3.8, 4) is 11.1 Å². The Hall–Kier alpha value is -3.15. The summed E-state index contributed by atoms with van der Waals surface area (Å²) < 4.78 is 0. The molecule has 1 amide bonds. The number of carboxylic acid groups (broad SMARTS) is 2. The average Bonchev–Trinajstić information content (AvgIpc) is 2.49. The lowest BCUT2D eigenvalue weighted by Gasteiger charge is -2.01. The van der Waals surface area contributed by atoms with E-state index >= 15 is 0 Å². The van der Waals surface area contributed by atoms with Crippen LogP contribution >= 0.6 is 0 Å². The van der Waals surface area contributed by atoms with Crippen LogP contribution in [0.4, 0.5) is 0 Å². The van der Waals surface area contributed by atoms with Crippen molar-refractivity contribution in [3.05, 3.63) is 60.2 Å². The molecule has 0 aromatic heterocycles. The molecule has 0 aliphatic rings. The van der Waals surface area contributed by atoms with E-state index < -0.39 is 17.8 Å². The van der Waals surface area contributed by atoms with E-state index in [2.05, 4.69) is 0 Å². The average molecular weight is 287 g/mol. The lowest BCUT2D eigenvalue weighted by molar-refractivity contribution is -0.159. The van der Waals surface area contributed by atoms with Gasteiger partial charge >= 0.3 is 11.9 Å². The van der Waals surface area contributed by atoms with Gasteiger partial charge in [-0.25, -0.2) is 9.59 Å². The van der Waals surface area contributed by atoms with Crippen molar-refractivity contribution in [1.82, 2.24) is 0 Å². The van der Waals surface area contributed by atoms with Crippen LogP contribution in [0.25, 0.3) is 11.1 Å². The fourth-order valence-electron chi connectivity index (χ4n) is 1.46. The maximum Gasteiger partial charge on any atom is 0.414 e. The van der Waals surface area contributed by atoms with E-state index in [4.69, 9.17) is 25.5 Å². The fourth-order valence-corrected chi connectivity index (χ4v) is 1.46. The standard InChI is InChI=1S/C13H11NO.C2H2O4/c14-13(15)12-8-6-11(7-9-12)10-4-2-1-3-5-10;3-1(4)2(5)6/h1-9H,(H2,14,15);(H,3,4)(H,5,6). The van der Waals surface area contributed by atoms with Crippen molar-refractivity contribution < 1.29 is 24.6 Å². The molecule has 0 heterocycles. The van der Waals surface area contributed by atoms with E-state index in [1.165, 1.54) is 0 Å². The van der Waals surface area contributed by atoms with E-state index in [9.17, 15) is 4.79 Å². The molecule has 2 aromatic carbocycles. The van der Waals surface area contributed by atoms with Gasteiger partial charge in [0.1, 0.15) is 0 Å². The summed E-state index contributed by atoms with van der Waals surface area (Å²) in [7, 11) is 0. The molecular weight excluding hydrogens is 274 g/mol. The highest BCUT2D eigenvalue weighted by Gasteiger charge is 2.04. The summed E-state index contributed by atoms with van der Waals surface area (Å²) >= 11 is 0. The van der Waals surface area contributed by atoms with Crippen LogP contribution in [0.2, 0.25) is 0 Å². The van der Waals surface area contributed by atoms with Crippen LogP contribution in [-0.4, -0.2) is 28.1 Å². The third-order valence-corrected chi connectivity index (χ3v) is 2.46. The Labute approximate surface area is 120 Å². The molecule has 0 atom stereocenters. The number of hydrogen-bond acceptors (Lipinski definition) is 3. The molecule has 4 N–H and O–H groups in total. The molecule has 0 bridgehead atoms. The Balaban J connectivity index is 0.000000315. The Morgan fingerprint density at radius 2 is 1.14 bits per heavy atom. The van der Waals surface area contributed by atoms with Crippen molar-refractivity contribution >= 4 is 17.8 Å². The minimum absolute atomic E-state index is 0.394. The lowest BCUT2D eigenvalue weighted by Crippen LogP contribution is -2.10. The van der Waals surface area contributed by atoms with Gasteiger partial charge in [-0.2, -0.15) is 0 Å². The molecule has 0 saturated carbocycles. The number of carboxylic acids is 2. The molecule has 0 aliphatic heterocycles. The number of carbonyl (C=O) groups is 3. The molecule has 6 heteroatoms. The number of rotatable bonds is 2. The molecule has 6 nitrogen and oxygen atoms in total. The lowest BCUT2D eigenvalue weighted by atomic mass is 10.0. The number of carbonyl (C=O) groups excluding carboxylic acids is 1. The van der Waals surface area contributed by atoms with Gasteiger partial charge in [0.2, 0.25) is 5.91 Å². The molecule has 2 aromatic rings. The van der Waals surface area contributed by atoms with Gasteiger partial charge in [-0.3, -0.25) is 4.79 Å². The molecule has 0 radical (unpaired) electrons. The topological polar surface area (TPSA) is 118 Å². The largest absolute Gasteiger partial charge is 0.473 e. The van der Waals surface area contributed by atoms with Crippen LogP contribution in [0.5, 0.6) is 0 Å². The second-order valence-corrected chi connectivity index (χ2v) is 3.92. The van der Waals surface area contributed by atoms with Crippen LogP contribution < -0.4 is 5.73 Å². The number of nitrogens with two attached hydrogens (primary N) is 1. The van der Waals surface area contributed by atoms with E-state index in [0.29, 0.717) is 5.56 Å². The zero-order chi connectivity index (χ0) is 15.8. The Kier molecular flexibility index (Phi) is 5.64. The van der Waals surface area contributed by atoms with Crippen LogP contribution in [0.15, 0.2) is 54.6 Å². The van der Waals surface area contributed by atoms with Gasteiger partial charge in [-0.05, 0) is 23.3 Å². The maximum atomic E-state index is 10.9. The van der Waals surface area contributed by atoms with Gasteiger partial charge in [0, 0.05) is 5.56 Å². The molecule has 0 aliphatic carbocycles. The van der Waals surface area contributed by atoms with Gasteiger partial charge in [-0.1, -0.05) is 42.5 Å². The Morgan fingerprint density at radius 3 is 1.52 bits per heavy atom. The van der Waals surface area contributed by atoms with Crippen LogP contribution in [0.3, 0.4) is 0 Å². The first-order valence-electron chi connectivity index (χ1n) is 5.83. The molecule has 0 spiro atoms. The monoisotopic (exact) mass is 287 g/mol. The zero-order valence-corrected chi connectivity index (χ0v) is 10.9. The SMILES string of the molecule is NC(=O)c1ccc(-c2ccccc2)cc1.O=C(O)C(=O)O. The van der Waals surface area contributed by atoms with Crippen LogP contribution in [0.1, 0.15) is 10.4 Å². The zero-order valence-electron chi connectivity index (χ0n) is 10.9. The first-order chi connectivity index (χ1) is 9.91. The molecule has 0 unspecified atom stereocenters. The van der Waals surface area contributed by atoms with Gasteiger partial charge in [0.25, 0.3) is 0 Å². The predicted octanol–water partition coefficient (Wildman–Crippen LogP) is 1.61. The van der Waals surface area contributed by atoms with Crippen molar-refractivity contribution in [2.75, 3.05) is 0 Å². The quantitative estimate of drug-likeness (QED) is 0.725. The minimum atomic E-state index is -1.82. The number of benzene rings is 2. The highest BCUT2D eigenvalue weighted by atomic mass is 16.4. The van der Waals surface area contributed by atoms with Crippen molar-refractivity contribution in [2.24, 2.45) is 5.73 Å². The Morgan fingerprint density at radius 1 is 0.714 bits per heavy atom. The number of hydrogen-bond donors (Lipinski definition) is 3. The molecular formula is C15H13NO5. The van der Waals surface area contributed by atoms with E-state index in [1.54, 1.807) is 12.1 Å². The molecule has 0 saturated heterocycles. The third kappa shape index (κ3) is 5.15. The van der Waals surface area contributed by atoms with Crippen molar-refractivity contribution in [1.29, 1.82) is 0 Å². The second kappa shape index (κ2) is 7.44. The molecule has 0 fully saturated rings. The number of aliphatic carboxylic acids is 2. The normalized spacial score (nSPS) is 9.14. The molecule has 21 heavy (non-hydrogen) atoms.